The first kappa shape index (κ1) is 23.1. The number of rotatable bonds is 11. The summed E-state index contributed by atoms with van der Waals surface area (Å²) in [6.07, 6.45) is 10.4. The first-order chi connectivity index (χ1) is 13.9. The molecule has 0 aromatic heterocycles. The third-order valence-electron chi connectivity index (χ3n) is 6.61. The number of aryl methyl sites for hydroxylation is 1. The topological polar surface area (TPSA) is 41.5 Å². The van der Waals surface area contributed by atoms with Crippen molar-refractivity contribution in [1.82, 2.24) is 5.32 Å². The summed E-state index contributed by atoms with van der Waals surface area (Å²) in [4.78, 5) is 17.5. The van der Waals surface area contributed by atoms with E-state index in [1.807, 2.05) is 30.5 Å². The molecule has 3 nitrogen and oxygen atoms in total. The number of carbonyl (C=O) groups excluding carboxylic acids is 1. The highest BCUT2D eigenvalue weighted by atomic mass is 16.1. The summed E-state index contributed by atoms with van der Waals surface area (Å²) >= 11 is 0. The standard InChI is InChI=1S/C26H38N2O/c1-7-11-25(18(4)8-2)28-26(29)23-14-15-24(21(9-3)16-23)17-27-20(6)19(5)22-12-10-13-22/h7,14-19,22,25H,1,6,8-13H2,2-5H3,(H,28,29)/t18?,19?,25-/m1/s1. The molecule has 1 aliphatic carbocycles. The van der Waals surface area contributed by atoms with E-state index in [2.05, 4.69) is 51.2 Å². The molecule has 1 amide bonds. The smallest absolute Gasteiger partial charge is 0.251 e. The van der Waals surface area contributed by atoms with Crippen molar-refractivity contribution >= 4 is 12.1 Å². The van der Waals surface area contributed by atoms with Crippen LogP contribution in [0.25, 0.3) is 0 Å². The van der Waals surface area contributed by atoms with Crippen molar-refractivity contribution in [3.8, 4) is 0 Å². The Kier molecular flexibility index (Phi) is 8.88. The molecule has 1 fully saturated rings. The van der Waals surface area contributed by atoms with Crippen LogP contribution >= 0.6 is 0 Å². The molecule has 1 N–H and O–H groups in total. The van der Waals surface area contributed by atoms with Gasteiger partial charge >= 0.3 is 0 Å². The van der Waals surface area contributed by atoms with Gasteiger partial charge in [0.05, 0.1) is 0 Å². The van der Waals surface area contributed by atoms with E-state index in [4.69, 9.17) is 0 Å². The summed E-state index contributed by atoms with van der Waals surface area (Å²) in [6.45, 7) is 16.7. The fourth-order valence-electron chi connectivity index (χ4n) is 3.81. The zero-order chi connectivity index (χ0) is 21.4. The molecule has 0 aliphatic heterocycles. The van der Waals surface area contributed by atoms with E-state index in [-0.39, 0.29) is 11.9 Å². The number of nitrogens with zero attached hydrogens (tertiary/aromatic N) is 1. The minimum Gasteiger partial charge on any atom is -0.349 e. The fraction of sp³-hybridized carbons (Fsp3) is 0.538. The van der Waals surface area contributed by atoms with Gasteiger partial charge in [-0.05, 0) is 60.8 Å². The molecule has 0 radical (unpaired) electrons. The molecule has 1 aliphatic rings. The highest BCUT2D eigenvalue weighted by Crippen LogP contribution is 2.36. The second kappa shape index (κ2) is 11.1. The van der Waals surface area contributed by atoms with Crippen molar-refractivity contribution in [3.05, 3.63) is 59.8 Å². The second-order valence-electron chi connectivity index (χ2n) is 8.49. The zero-order valence-electron chi connectivity index (χ0n) is 18.7. The molecular formula is C26H38N2O. The van der Waals surface area contributed by atoms with E-state index in [0.717, 1.165) is 42.0 Å². The van der Waals surface area contributed by atoms with Crippen LogP contribution in [0.3, 0.4) is 0 Å². The Morgan fingerprint density at radius 1 is 1.31 bits per heavy atom. The number of amides is 1. The lowest BCUT2D eigenvalue weighted by Gasteiger charge is -2.31. The number of nitrogens with one attached hydrogen (secondary N) is 1. The normalized spacial score (nSPS) is 17.4. The summed E-state index contributed by atoms with van der Waals surface area (Å²) in [7, 11) is 0. The van der Waals surface area contributed by atoms with E-state index in [1.165, 1.54) is 19.3 Å². The molecule has 0 bridgehead atoms. The summed E-state index contributed by atoms with van der Waals surface area (Å²) in [5, 5.41) is 3.19. The Labute approximate surface area is 177 Å². The number of aliphatic imine (C=N–C) groups is 1. The molecule has 158 valence electrons. The molecule has 1 aromatic carbocycles. The molecule has 2 rings (SSSR count). The van der Waals surface area contributed by atoms with Gasteiger partial charge in [0.1, 0.15) is 0 Å². The van der Waals surface area contributed by atoms with Crippen molar-refractivity contribution in [3.63, 3.8) is 0 Å². The lowest BCUT2D eigenvalue weighted by Crippen LogP contribution is -2.39. The number of benzene rings is 1. The lowest BCUT2D eigenvalue weighted by atomic mass is 9.76. The molecule has 0 saturated heterocycles. The van der Waals surface area contributed by atoms with Crippen molar-refractivity contribution in [2.24, 2.45) is 22.7 Å². The fourth-order valence-corrected chi connectivity index (χ4v) is 3.81. The summed E-state index contributed by atoms with van der Waals surface area (Å²) in [5.74, 6) is 1.58. The van der Waals surface area contributed by atoms with Gasteiger partial charge in [-0.15, -0.1) is 6.58 Å². The average molecular weight is 395 g/mol. The van der Waals surface area contributed by atoms with Gasteiger partial charge in [0.25, 0.3) is 5.91 Å². The van der Waals surface area contributed by atoms with Gasteiger partial charge in [-0.2, -0.15) is 0 Å². The molecule has 1 saturated carbocycles. The van der Waals surface area contributed by atoms with Crippen LogP contribution in [0.1, 0.15) is 81.3 Å². The van der Waals surface area contributed by atoms with Crippen LogP contribution in [0.2, 0.25) is 0 Å². The van der Waals surface area contributed by atoms with Gasteiger partial charge in [0.15, 0.2) is 0 Å². The molecular weight excluding hydrogens is 356 g/mol. The van der Waals surface area contributed by atoms with Crippen molar-refractivity contribution < 1.29 is 4.79 Å². The molecule has 3 heteroatoms. The van der Waals surface area contributed by atoms with Crippen molar-refractivity contribution in [2.75, 3.05) is 0 Å². The minimum atomic E-state index is -0.0154. The van der Waals surface area contributed by atoms with Crippen LogP contribution in [-0.4, -0.2) is 18.2 Å². The number of carbonyl (C=O) groups is 1. The van der Waals surface area contributed by atoms with E-state index in [0.29, 0.717) is 17.4 Å². The maximum Gasteiger partial charge on any atom is 0.251 e. The average Bonchev–Trinajstić information content (AvgIpc) is 2.69. The van der Waals surface area contributed by atoms with Gasteiger partial charge in [-0.3, -0.25) is 9.79 Å². The molecule has 29 heavy (non-hydrogen) atoms. The zero-order valence-corrected chi connectivity index (χ0v) is 18.7. The predicted octanol–water partition coefficient (Wildman–Crippen LogP) is 6.34. The van der Waals surface area contributed by atoms with Crippen LogP contribution in [0.4, 0.5) is 0 Å². The molecule has 0 spiro atoms. The molecule has 3 atom stereocenters. The number of allylic oxidation sites excluding steroid dienone is 1. The van der Waals surface area contributed by atoms with Crippen LogP contribution in [0.5, 0.6) is 0 Å². The molecule has 0 heterocycles. The van der Waals surface area contributed by atoms with Gasteiger partial charge < -0.3 is 5.32 Å². The van der Waals surface area contributed by atoms with E-state index >= 15 is 0 Å². The van der Waals surface area contributed by atoms with Crippen LogP contribution < -0.4 is 5.32 Å². The third-order valence-corrected chi connectivity index (χ3v) is 6.61. The summed E-state index contributed by atoms with van der Waals surface area (Å²) in [5.41, 5.74) is 3.86. The minimum absolute atomic E-state index is 0.0154. The predicted molar refractivity (Wildman–Crippen MR) is 125 cm³/mol. The molecule has 2 unspecified atom stereocenters. The van der Waals surface area contributed by atoms with E-state index < -0.39 is 0 Å². The Morgan fingerprint density at radius 2 is 2.03 bits per heavy atom. The van der Waals surface area contributed by atoms with Gasteiger partial charge in [0, 0.05) is 29.4 Å². The van der Waals surface area contributed by atoms with Crippen molar-refractivity contribution in [1.29, 1.82) is 0 Å². The van der Waals surface area contributed by atoms with Crippen LogP contribution in [0.15, 0.2) is 48.1 Å². The first-order valence-corrected chi connectivity index (χ1v) is 11.2. The Bertz CT molecular complexity index is 745. The number of hydrogen-bond acceptors (Lipinski definition) is 2. The van der Waals surface area contributed by atoms with Crippen LogP contribution in [-0.2, 0) is 6.42 Å². The second-order valence-corrected chi connectivity index (χ2v) is 8.49. The Hall–Kier alpha value is -2.16. The molecule has 1 aromatic rings. The summed E-state index contributed by atoms with van der Waals surface area (Å²) in [6, 6.07) is 6.02. The van der Waals surface area contributed by atoms with E-state index in [9.17, 15) is 4.79 Å². The lowest BCUT2D eigenvalue weighted by molar-refractivity contribution is 0.0923. The Balaban J connectivity index is 2.10. The SMILES string of the molecule is C=CC[C@@H](NC(=O)c1ccc(C=NC(=C)C(C)C2CCC2)c(CC)c1)C(C)CC. The Morgan fingerprint density at radius 3 is 2.59 bits per heavy atom. The van der Waals surface area contributed by atoms with E-state index in [1.54, 1.807) is 0 Å². The van der Waals surface area contributed by atoms with Gasteiger partial charge in [-0.25, -0.2) is 0 Å². The number of hydrogen-bond donors (Lipinski definition) is 1. The largest absolute Gasteiger partial charge is 0.349 e. The monoisotopic (exact) mass is 394 g/mol. The maximum absolute atomic E-state index is 12.8. The summed E-state index contributed by atoms with van der Waals surface area (Å²) < 4.78 is 0. The first-order valence-electron chi connectivity index (χ1n) is 11.2. The highest BCUT2D eigenvalue weighted by Gasteiger charge is 2.25. The highest BCUT2D eigenvalue weighted by molar-refractivity contribution is 5.96. The maximum atomic E-state index is 12.8. The van der Waals surface area contributed by atoms with Crippen LogP contribution in [0, 0.1) is 17.8 Å². The van der Waals surface area contributed by atoms with Crippen molar-refractivity contribution in [2.45, 2.75) is 72.3 Å². The third kappa shape index (κ3) is 6.16. The quantitative estimate of drug-likeness (QED) is 0.345. The van der Waals surface area contributed by atoms with Gasteiger partial charge in [-0.1, -0.05) is 59.3 Å². The van der Waals surface area contributed by atoms with Gasteiger partial charge in [0.2, 0.25) is 0 Å².